The minimum atomic E-state index is -0.461. The molecule has 0 aliphatic carbocycles. The number of rotatable bonds is 6. The molecule has 7 nitrogen and oxygen atoms in total. The summed E-state index contributed by atoms with van der Waals surface area (Å²) in [5.41, 5.74) is 3.37. The number of nitrogens with zero attached hydrogens (tertiary/aromatic N) is 3. The van der Waals surface area contributed by atoms with E-state index in [1.54, 1.807) is 18.2 Å². The SMILES string of the molecule is CC(NC(=O)c1cc(-c2ccccc2)nn1-c1ccc([N+](=O)[O-])cc1)c1ccccc1. The van der Waals surface area contributed by atoms with Crippen molar-refractivity contribution in [3.63, 3.8) is 0 Å². The summed E-state index contributed by atoms with van der Waals surface area (Å²) in [5, 5.41) is 18.6. The Bertz CT molecular complexity index is 1200. The van der Waals surface area contributed by atoms with Gasteiger partial charge in [-0.15, -0.1) is 0 Å². The number of non-ortho nitro benzene ring substituents is 1. The van der Waals surface area contributed by atoms with Crippen LogP contribution in [0.4, 0.5) is 5.69 Å². The molecule has 1 heterocycles. The van der Waals surface area contributed by atoms with Crippen molar-refractivity contribution < 1.29 is 9.72 Å². The number of nitro benzene ring substituents is 1. The molecule has 1 amide bonds. The van der Waals surface area contributed by atoms with Gasteiger partial charge >= 0.3 is 0 Å². The Balaban J connectivity index is 1.72. The van der Waals surface area contributed by atoms with E-state index < -0.39 is 4.92 Å². The van der Waals surface area contributed by atoms with E-state index in [0.717, 1.165) is 11.1 Å². The summed E-state index contributed by atoms with van der Waals surface area (Å²) in [4.78, 5) is 23.7. The summed E-state index contributed by atoms with van der Waals surface area (Å²) in [7, 11) is 0. The fraction of sp³-hybridized carbons (Fsp3) is 0.0833. The van der Waals surface area contributed by atoms with Crippen molar-refractivity contribution in [3.8, 4) is 16.9 Å². The standard InChI is InChI=1S/C24H20N4O3/c1-17(18-8-4-2-5-9-18)25-24(29)23-16-22(19-10-6-3-7-11-19)26-27(23)20-12-14-21(15-13-20)28(30)31/h2-17H,1H3,(H,25,29). The van der Waals surface area contributed by atoms with E-state index in [2.05, 4.69) is 10.4 Å². The lowest BCUT2D eigenvalue weighted by molar-refractivity contribution is -0.384. The van der Waals surface area contributed by atoms with Crippen molar-refractivity contribution in [2.24, 2.45) is 0 Å². The monoisotopic (exact) mass is 412 g/mol. The van der Waals surface area contributed by atoms with Gasteiger partial charge in [0.2, 0.25) is 0 Å². The molecule has 7 heteroatoms. The molecule has 0 fully saturated rings. The summed E-state index contributed by atoms with van der Waals surface area (Å²) in [6, 6.07) is 26.7. The first-order valence-corrected chi connectivity index (χ1v) is 9.79. The molecule has 0 bridgehead atoms. The molecular formula is C24H20N4O3. The van der Waals surface area contributed by atoms with Crippen LogP contribution < -0.4 is 5.32 Å². The molecule has 4 aromatic rings. The zero-order chi connectivity index (χ0) is 21.8. The van der Waals surface area contributed by atoms with Gasteiger partial charge in [0.1, 0.15) is 5.69 Å². The number of carbonyl (C=O) groups excluding carboxylic acids is 1. The number of nitro groups is 1. The first-order valence-electron chi connectivity index (χ1n) is 9.79. The Labute approximate surface area is 179 Å². The number of aromatic nitrogens is 2. The van der Waals surface area contributed by atoms with Crippen molar-refractivity contribution in [1.29, 1.82) is 0 Å². The maximum atomic E-state index is 13.2. The summed E-state index contributed by atoms with van der Waals surface area (Å²) < 4.78 is 1.51. The van der Waals surface area contributed by atoms with Gasteiger partial charge in [0.05, 0.1) is 22.3 Å². The van der Waals surface area contributed by atoms with Crippen molar-refractivity contribution in [2.45, 2.75) is 13.0 Å². The topological polar surface area (TPSA) is 90.1 Å². The first-order chi connectivity index (χ1) is 15.0. The summed E-state index contributed by atoms with van der Waals surface area (Å²) in [6.07, 6.45) is 0. The highest BCUT2D eigenvalue weighted by Crippen LogP contribution is 2.24. The van der Waals surface area contributed by atoms with Crippen LogP contribution in [0.3, 0.4) is 0 Å². The molecule has 1 unspecified atom stereocenters. The third kappa shape index (κ3) is 4.35. The van der Waals surface area contributed by atoms with E-state index in [1.807, 2.05) is 67.6 Å². The van der Waals surface area contributed by atoms with Gasteiger partial charge in [0, 0.05) is 17.7 Å². The third-order valence-corrected chi connectivity index (χ3v) is 4.96. The third-order valence-electron chi connectivity index (χ3n) is 4.96. The normalized spacial score (nSPS) is 11.6. The van der Waals surface area contributed by atoms with E-state index in [0.29, 0.717) is 17.1 Å². The predicted molar refractivity (Wildman–Crippen MR) is 118 cm³/mol. The lowest BCUT2D eigenvalue weighted by Gasteiger charge is -2.15. The second kappa shape index (κ2) is 8.62. The number of benzene rings is 3. The average Bonchev–Trinajstić information content (AvgIpc) is 3.26. The fourth-order valence-electron chi connectivity index (χ4n) is 3.30. The summed E-state index contributed by atoms with van der Waals surface area (Å²) >= 11 is 0. The average molecular weight is 412 g/mol. The molecule has 1 aromatic heterocycles. The minimum absolute atomic E-state index is 0.0251. The molecule has 0 saturated heterocycles. The molecule has 154 valence electrons. The number of hydrogen-bond donors (Lipinski definition) is 1. The van der Waals surface area contributed by atoms with Gasteiger partial charge in [-0.1, -0.05) is 60.7 Å². The Kier molecular flexibility index (Phi) is 5.57. The Morgan fingerprint density at radius 3 is 2.19 bits per heavy atom. The molecule has 3 aromatic carbocycles. The van der Waals surface area contributed by atoms with Crippen LogP contribution >= 0.6 is 0 Å². The van der Waals surface area contributed by atoms with E-state index >= 15 is 0 Å². The van der Waals surface area contributed by atoms with Gasteiger partial charge < -0.3 is 5.32 Å². The Morgan fingerprint density at radius 2 is 1.58 bits per heavy atom. The zero-order valence-corrected chi connectivity index (χ0v) is 16.8. The van der Waals surface area contributed by atoms with E-state index in [1.165, 1.54) is 16.8 Å². The van der Waals surface area contributed by atoms with Crippen LogP contribution in [-0.4, -0.2) is 20.6 Å². The number of hydrogen-bond acceptors (Lipinski definition) is 4. The van der Waals surface area contributed by atoms with Gasteiger partial charge in [0.25, 0.3) is 11.6 Å². The van der Waals surface area contributed by atoms with Gasteiger partial charge in [-0.25, -0.2) is 4.68 Å². The summed E-state index contributed by atoms with van der Waals surface area (Å²) in [6.45, 7) is 1.91. The van der Waals surface area contributed by atoms with E-state index in [9.17, 15) is 14.9 Å². The Hall–Kier alpha value is -4.26. The van der Waals surface area contributed by atoms with Gasteiger partial charge in [-0.2, -0.15) is 5.10 Å². The lowest BCUT2D eigenvalue weighted by Crippen LogP contribution is -2.28. The molecule has 0 aliphatic rings. The first kappa shape index (κ1) is 20.0. The smallest absolute Gasteiger partial charge is 0.270 e. The second-order valence-corrected chi connectivity index (χ2v) is 7.07. The minimum Gasteiger partial charge on any atom is -0.344 e. The van der Waals surface area contributed by atoms with Crippen LogP contribution in [0, 0.1) is 10.1 Å². The maximum Gasteiger partial charge on any atom is 0.270 e. The van der Waals surface area contributed by atoms with Crippen LogP contribution in [0.5, 0.6) is 0 Å². The predicted octanol–water partition coefficient (Wildman–Crippen LogP) is 4.94. The maximum absolute atomic E-state index is 13.2. The lowest BCUT2D eigenvalue weighted by atomic mass is 10.1. The van der Waals surface area contributed by atoms with Crippen LogP contribution in [0.1, 0.15) is 29.0 Å². The van der Waals surface area contributed by atoms with Crippen LogP contribution in [-0.2, 0) is 0 Å². The number of nitrogens with one attached hydrogen (secondary N) is 1. The van der Waals surface area contributed by atoms with E-state index in [-0.39, 0.29) is 17.6 Å². The van der Waals surface area contributed by atoms with Crippen LogP contribution in [0.2, 0.25) is 0 Å². The highest BCUT2D eigenvalue weighted by molar-refractivity contribution is 5.94. The molecule has 0 spiro atoms. The van der Waals surface area contributed by atoms with Crippen molar-refractivity contribution in [3.05, 3.63) is 112 Å². The van der Waals surface area contributed by atoms with Gasteiger partial charge in [-0.3, -0.25) is 14.9 Å². The highest BCUT2D eigenvalue weighted by Gasteiger charge is 2.20. The molecule has 1 N–H and O–H groups in total. The molecule has 4 rings (SSSR count). The van der Waals surface area contributed by atoms with Crippen molar-refractivity contribution >= 4 is 11.6 Å². The second-order valence-electron chi connectivity index (χ2n) is 7.07. The number of carbonyl (C=O) groups is 1. The fourth-order valence-corrected chi connectivity index (χ4v) is 3.30. The highest BCUT2D eigenvalue weighted by atomic mass is 16.6. The van der Waals surface area contributed by atoms with Gasteiger partial charge in [-0.05, 0) is 30.7 Å². The molecule has 0 saturated carbocycles. The zero-order valence-electron chi connectivity index (χ0n) is 16.8. The van der Waals surface area contributed by atoms with Crippen LogP contribution in [0.15, 0.2) is 91.0 Å². The largest absolute Gasteiger partial charge is 0.344 e. The Morgan fingerprint density at radius 1 is 0.968 bits per heavy atom. The van der Waals surface area contributed by atoms with E-state index in [4.69, 9.17) is 0 Å². The molecular weight excluding hydrogens is 392 g/mol. The van der Waals surface area contributed by atoms with Crippen molar-refractivity contribution in [1.82, 2.24) is 15.1 Å². The molecule has 0 radical (unpaired) electrons. The van der Waals surface area contributed by atoms with Crippen LogP contribution in [0.25, 0.3) is 16.9 Å². The van der Waals surface area contributed by atoms with Crippen molar-refractivity contribution in [2.75, 3.05) is 0 Å². The van der Waals surface area contributed by atoms with Gasteiger partial charge in [0.15, 0.2) is 0 Å². The quantitative estimate of drug-likeness (QED) is 0.359. The molecule has 1 atom stereocenters. The number of amides is 1. The molecule has 31 heavy (non-hydrogen) atoms. The summed E-state index contributed by atoms with van der Waals surface area (Å²) in [5.74, 6) is -0.288. The molecule has 0 aliphatic heterocycles.